The Kier molecular flexibility index (Phi) is 5.93. The summed E-state index contributed by atoms with van der Waals surface area (Å²) >= 11 is 0. The molecule has 0 bridgehead atoms. The summed E-state index contributed by atoms with van der Waals surface area (Å²) in [7, 11) is 1.53. The molecule has 1 N–H and O–H groups in total. The molecule has 0 saturated carbocycles. The molecule has 0 atom stereocenters. The van der Waals surface area contributed by atoms with Crippen molar-refractivity contribution in [2.24, 2.45) is 0 Å². The number of aryl methyl sites for hydroxylation is 1. The van der Waals surface area contributed by atoms with E-state index in [9.17, 15) is 10.1 Å². The molecule has 0 aliphatic rings. The van der Waals surface area contributed by atoms with Gasteiger partial charge in [0.2, 0.25) is 0 Å². The zero-order chi connectivity index (χ0) is 17.4. The Labute approximate surface area is 141 Å². The molecule has 0 heterocycles. The molecule has 0 fully saturated rings. The highest BCUT2D eigenvalue weighted by atomic mass is 16.5. The number of nitrogens with one attached hydrogen (secondary N) is 1. The van der Waals surface area contributed by atoms with Crippen molar-refractivity contribution in [3.63, 3.8) is 0 Å². The highest BCUT2D eigenvalue weighted by Crippen LogP contribution is 2.25. The Bertz CT molecular complexity index is 815. The number of amides is 1. The number of hydrogen-bond donors (Lipinski definition) is 1. The minimum Gasteiger partial charge on any atom is -0.495 e. The summed E-state index contributed by atoms with van der Waals surface area (Å²) in [5.74, 6) is 0.0742. The molecule has 0 spiro atoms. The van der Waals surface area contributed by atoms with E-state index in [1.54, 1.807) is 18.2 Å². The monoisotopic (exact) mass is 318 g/mol. The van der Waals surface area contributed by atoms with Gasteiger partial charge in [-0.2, -0.15) is 5.26 Å². The number of rotatable bonds is 5. The quantitative estimate of drug-likeness (QED) is 0.513. The van der Waals surface area contributed by atoms with E-state index in [0.717, 1.165) is 11.1 Å². The standard InChI is InChI=1S/C20H18N2O2/c1-15-11-12-19(24-2)18(13-15)22-20(23)17(14-21)10-6-9-16-7-4-3-5-8-16/h3-13H,1-2H3,(H,22,23)/b9-6+,17-10+. The first-order valence-electron chi connectivity index (χ1n) is 7.43. The van der Waals surface area contributed by atoms with Gasteiger partial charge in [-0.25, -0.2) is 0 Å². The van der Waals surface area contributed by atoms with Crippen molar-refractivity contribution in [1.29, 1.82) is 5.26 Å². The fourth-order valence-electron chi connectivity index (χ4n) is 2.09. The maximum Gasteiger partial charge on any atom is 0.266 e. The van der Waals surface area contributed by atoms with Gasteiger partial charge in [0.15, 0.2) is 0 Å². The summed E-state index contributed by atoms with van der Waals surface area (Å²) in [4.78, 5) is 12.3. The van der Waals surface area contributed by atoms with E-state index < -0.39 is 5.91 Å². The lowest BCUT2D eigenvalue weighted by atomic mass is 10.1. The number of benzene rings is 2. The van der Waals surface area contributed by atoms with Gasteiger partial charge in [-0.15, -0.1) is 0 Å². The molecular formula is C20H18N2O2. The molecule has 0 saturated heterocycles. The average molecular weight is 318 g/mol. The van der Waals surface area contributed by atoms with Crippen LogP contribution >= 0.6 is 0 Å². The molecule has 120 valence electrons. The lowest BCUT2D eigenvalue weighted by Crippen LogP contribution is -2.14. The van der Waals surface area contributed by atoms with Crippen LogP contribution in [0.25, 0.3) is 6.08 Å². The van der Waals surface area contributed by atoms with Gasteiger partial charge in [-0.1, -0.05) is 48.6 Å². The minimum absolute atomic E-state index is 0.0192. The molecule has 24 heavy (non-hydrogen) atoms. The second-order valence-electron chi connectivity index (χ2n) is 5.12. The van der Waals surface area contributed by atoms with E-state index in [0.29, 0.717) is 11.4 Å². The van der Waals surface area contributed by atoms with Gasteiger partial charge in [-0.3, -0.25) is 4.79 Å². The smallest absolute Gasteiger partial charge is 0.266 e. The lowest BCUT2D eigenvalue weighted by Gasteiger charge is -2.10. The highest BCUT2D eigenvalue weighted by Gasteiger charge is 2.11. The normalized spacial score (nSPS) is 11.1. The van der Waals surface area contributed by atoms with E-state index in [-0.39, 0.29) is 5.57 Å². The molecule has 1 amide bonds. The second kappa shape index (κ2) is 8.35. The predicted molar refractivity (Wildman–Crippen MR) is 95.5 cm³/mol. The van der Waals surface area contributed by atoms with Crippen LogP contribution in [0, 0.1) is 18.3 Å². The van der Waals surface area contributed by atoms with Crippen LogP contribution in [0.15, 0.2) is 66.3 Å². The number of methoxy groups -OCH3 is 1. The van der Waals surface area contributed by atoms with Crippen LogP contribution in [0.1, 0.15) is 11.1 Å². The molecule has 0 unspecified atom stereocenters. The number of hydrogen-bond acceptors (Lipinski definition) is 3. The van der Waals surface area contributed by atoms with E-state index in [1.165, 1.54) is 13.2 Å². The third-order valence-electron chi connectivity index (χ3n) is 3.32. The van der Waals surface area contributed by atoms with Crippen molar-refractivity contribution in [2.75, 3.05) is 12.4 Å². The summed E-state index contributed by atoms with van der Waals surface area (Å²) in [6.45, 7) is 1.92. The van der Waals surface area contributed by atoms with E-state index in [1.807, 2.05) is 55.5 Å². The number of carbonyl (C=O) groups is 1. The Balaban J connectivity index is 2.15. The molecule has 0 aliphatic carbocycles. The van der Waals surface area contributed by atoms with E-state index in [2.05, 4.69) is 5.32 Å². The molecule has 4 heteroatoms. The van der Waals surface area contributed by atoms with Crippen molar-refractivity contribution >= 4 is 17.7 Å². The molecule has 0 aliphatic heterocycles. The number of anilines is 1. The fourth-order valence-corrected chi connectivity index (χ4v) is 2.09. The first kappa shape index (κ1) is 17.0. The van der Waals surface area contributed by atoms with E-state index >= 15 is 0 Å². The third-order valence-corrected chi connectivity index (χ3v) is 3.32. The van der Waals surface area contributed by atoms with Gasteiger partial charge < -0.3 is 10.1 Å². The molecule has 2 rings (SSSR count). The van der Waals surface area contributed by atoms with Crippen molar-refractivity contribution in [3.05, 3.63) is 77.4 Å². The van der Waals surface area contributed by atoms with Crippen LogP contribution in [0.4, 0.5) is 5.69 Å². The summed E-state index contributed by atoms with van der Waals surface area (Å²) in [6, 6.07) is 17.0. The van der Waals surface area contributed by atoms with Crippen LogP contribution in [0.5, 0.6) is 5.75 Å². The lowest BCUT2D eigenvalue weighted by molar-refractivity contribution is -0.112. The zero-order valence-electron chi connectivity index (χ0n) is 13.6. The molecular weight excluding hydrogens is 300 g/mol. The Morgan fingerprint density at radius 1 is 1.21 bits per heavy atom. The number of nitrogens with zero attached hydrogens (tertiary/aromatic N) is 1. The molecule has 2 aromatic carbocycles. The topological polar surface area (TPSA) is 62.1 Å². The maximum absolute atomic E-state index is 12.3. The molecule has 4 nitrogen and oxygen atoms in total. The minimum atomic E-state index is -0.473. The third kappa shape index (κ3) is 4.59. The first-order chi connectivity index (χ1) is 11.6. The Morgan fingerprint density at radius 2 is 1.96 bits per heavy atom. The fraction of sp³-hybridized carbons (Fsp3) is 0.100. The van der Waals surface area contributed by atoms with Crippen LogP contribution in [-0.2, 0) is 4.79 Å². The maximum atomic E-state index is 12.3. The molecule has 0 aromatic heterocycles. The predicted octanol–water partition coefficient (Wildman–Crippen LogP) is 4.11. The number of ether oxygens (including phenoxy) is 1. The first-order valence-corrected chi connectivity index (χ1v) is 7.43. The summed E-state index contributed by atoms with van der Waals surface area (Å²) < 4.78 is 5.22. The van der Waals surface area contributed by atoms with Gasteiger partial charge >= 0.3 is 0 Å². The van der Waals surface area contributed by atoms with Gasteiger partial charge in [0.1, 0.15) is 17.4 Å². The largest absolute Gasteiger partial charge is 0.495 e. The van der Waals surface area contributed by atoms with E-state index in [4.69, 9.17) is 4.74 Å². The molecule has 0 radical (unpaired) electrons. The van der Waals surface area contributed by atoms with Gasteiger partial charge in [0, 0.05) is 0 Å². The highest BCUT2D eigenvalue weighted by molar-refractivity contribution is 6.07. The summed E-state index contributed by atoms with van der Waals surface area (Å²) in [5, 5.41) is 11.9. The van der Waals surface area contributed by atoms with Crippen molar-refractivity contribution in [3.8, 4) is 11.8 Å². The number of carbonyl (C=O) groups excluding carboxylic acids is 1. The van der Waals surface area contributed by atoms with Crippen LogP contribution in [-0.4, -0.2) is 13.0 Å². The number of allylic oxidation sites excluding steroid dienone is 2. The van der Waals surface area contributed by atoms with Gasteiger partial charge in [-0.05, 0) is 36.3 Å². The van der Waals surface area contributed by atoms with Crippen molar-refractivity contribution in [2.45, 2.75) is 6.92 Å². The van der Waals surface area contributed by atoms with Crippen LogP contribution < -0.4 is 10.1 Å². The number of nitriles is 1. The average Bonchev–Trinajstić information content (AvgIpc) is 2.60. The summed E-state index contributed by atoms with van der Waals surface area (Å²) in [6.07, 6.45) is 5.00. The van der Waals surface area contributed by atoms with Crippen LogP contribution in [0.2, 0.25) is 0 Å². The zero-order valence-corrected chi connectivity index (χ0v) is 13.6. The second-order valence-corrected chi connectivity index (χ2v) is 5.12. The van der Waals surface area contributed by atoms with Crippen molar-refractivity contribution < 1.29 is 9.53 Å². The Hall–Kier alpha value is -3.32. The van der Waals surface area contributed by atoms with Gasteiger partial charge in [0.25, 0.3) is 5.91 Å². The molecule has 2 aromatic rings. The van der Waals surface area contributed by atoms with Crippen LogP contribution in [0.3, 0.4) is 0 Å². The SMILES string of the molecule is COc1ccc(C)cc1NC(=O)/C(C#N)=C/C=C/c1ccccc1. The summed E-state index contributed by atoms with van der Waals surface area (Å²) in [5.41, 5.74) is 2.53. The van der Waals surface area contributed by atoms with Gasteiger partial charge in [0.05, 0.1) is 12.8 Å². The Morgan fingerprint density at radius 3 is 2.62 bits per heavy atom. The van der Waals surface area contributed by atoms with Crippen molar-refractivity contribution in [1.82, 2.24) is 0 Å².